The number of furan rings is 1. The van der Waals surface area contributed by atoms with E-state index in [2.05, 4.69) is 120 Å². The maximum atomic E-state index is 6.86. The Morgan fingerprint density at radius 3 is 2.12 bits per heavy atom. The van der Waals surface area contributed by atoms with Gasteiger partial charge >= 0.3 is 6.01 Å². The second-order valence-corrected chi connectivity index (χ2v) is 11.2. The fourth-order valence-corrected chi connectivity index (χ4v) is 6.88. The predicted octanol–water partition coefficient (Wildman–Crippen LogP) is 10.8. The van der Waals surface area contributed by atoms with E-state index in [1.165, 1.54) is 32.3 Å². The molecule has 3 heterocycles. The molecule has 7 aromatic carbocycles. The van der Waals surface area contributed by atoms with Crippen molar-refractivity contribution in [3.8, 4) is 17.1 Å². The molecule has 200 valence electrons. The number of oxazole rings is 1. The van der Waals surface area contributed by atoms with Crippen LogP contribution < -0.4 is 0 Å². The number of rotatable bonds is 2. The van der Waals surface area contributed by atoms with Gasteiger partial charge in [0.15, 0.2) is 5.58 Å². The summed E-state index contributed by atoms with van der Waals surface area (Å²) in [5, 5.41) is 9.13. The first-order valence-corrected chi connectivity index (χ1v) is 14.5. The van der Waals surface area contributed by atoms with Crippen LogP contribution in [-0.4, -0.2) is 9.55 Å². The van der Waals surface area contributed by atoms with Gasteiger partial charge in [-0.15, -0.1) is 0 Å². The van der Waals surface area contributed by atoms with Gasteiger partial charge in [0.05, 0.1) is 16.4 Å². The third kappa shape index (κ3) is 3.12. The summed E-state index contributed by atoms with van der Waals surface area (Å²) >= 11 is 0. The second-order valence-electron chi connectivity index (χ2n) is 11.2. The largest absolute Gasteiger partial charge is 0.456 e. The molecule has 0 aliphatic rings. The zero-order valence-corrected chi connectivity index (χ0v) is 22.9. The molecule has 0 N–H and O–H groups in total. The van der Waals surface area contributed by atoms with Gasteiger partial charge in [-0.1, -0.05) is 103 Å². The Hall–Kier alpha value is -5.87. The topological polar surface area (TPSA) is 44.1 Å². The number of benzene rings is 7. The van der Waals surface area contributed by atoms with Crippen LogP contribution in [0.15, 0.2) is 142 Å². The van der Waals surface area contributed by atoms with Crippen molar-refractivity contribution in [1.82, 2.24) is 9.55 Å². The molecule has 0 fully saturated rings. The Kier molecular flexibility index (Phi) is 4.42. The van der Waals surface area contributed by atoms with Crippen molar-refractivity contribution in [2.24, 2.45) is 0 Å². The van der Waals surface area contributed by atoms with E-state index in [-0.39, 0.29) is 0 Å². The molecule has 0 bridgehead atoms. The second kappa shape index (κ2) is 8.34. The van der Waals surface area contributed by atoms with Crippen molar-refractivity contribution in [3.63, 3.8) is 0 Å². The minimum Gasteiger partial charge on any atom is -0.456 e. The number of fused-ring (bicyclic) bond motifs is 11. The summed E-state index contributed by atoms with van der Waals surface area (Å²) in [5.74, 6) is 0. The molecular weight excluding hydrogens is 528 g/mol. The Morgan fingerprint density at radius 2 is 1.21 bits per heavy atom. The Bertz CT molecular complexity index is 2740. The number of hydrogen-bond donors (Lipinski definition) is 0. The van der Waals surface area contributed by atoms with E-state index in [1.807, 2.05) is 18.2 Å². The lowest BCUT2D eigenvalue weighted by atomic mass is 9.99. The smallest absolute Gasteiger partial charge is 0.307 e. The maximum absolute atomic E-state index is 6.86. The molecule has 10 aromatic rings. The highest BCUT2D eigenvalue weighted by Gasteiger charge is 2.23. The highest BCUT2D eigenvalue weighted by Crippen LogP contribution is 2.43. The zero-order chi connectivity index (χ0) is 28.1. The van der Waals surface area contributed by atoms with E-state index >= 15 is 0 Å². The van der Waals surface area contributed by atoms with Gasteiger partial charge in [0, 0.05) is 21.7 Å². The van der Waals surface area contributed by atoms with Gasteiger partial charge in [0.25, 0.3) is 0 Å². The number of aromatic nitrogens is 2. The normalized spacial score (nSPS) is 12.2. The van der Waals surface area contributed by atoms with Gasteiger partial charge in [-0.2, -0.15) is 4.98 Å². The zero-order valence-electron chi connectivity index (χ0n) is 22.9. The molecule has 0 saturated heterocycles. The van der Waals surface area contributed by atoms with E-state index < -0.39 is 0 Å². The fourth-order valence-electron chi connectivity index (χ4n) is 6.88. The third-order valence-corrected chi connectivity index (χ3v) is 8.81. The first-order valence-electron chi connectivity index (χ1n) is 14.5. The van der Waals surface area contributed by atoms with Crippen molar-refractivity contribution >= 4 is 76.4 Å². The van der Waals surface area contributed by atoms with Crippen LogP contribution in [0.25, 0.3) is 93.5 Å². The predicted molar refractivity (Wildman–Crippen MR) is 176 cm³/mol. The minimum atomic E-state index is 0.538. The van der Waals surface area contributed by atoms with Crippen molar-refractivity contribution in [1.29, 1.82) is 0 Å². The molecular formula is C39H22N2O2. The molecule has 0 spiro atoms. The lowest BCUT2D eigenvalue weighted by molar-refractivity contribution is 0.577. The SMILES string of the molecule is c1ccc2cc(-c3cc4oc5ccccc5c4c4oc(-n5c6ccccc6c6c7ccccc7ccc65)nc34)ccc2c1. The van der Waals surface area contributed by atoms with Crippen LogP contribution in [0.1, 0.15) is 0 Å². The number of nitrogens with zero attached hydrogens (tertiary/aromatic N) is 2. The highest BCUT2D eigenvalue weighted by atomic mass is 16.4. The van der Waals surface area contributed by atoms with Gasteiger partial charge in [-0.05, 0) is 57.4 Å². The molecule has 0 aliphatic heterocycles. The van der Waals surface area contributed by atoms with Crippen LogP contribution in [-0.2, 0) is 0 Å². The Morgan fingerprint density at radius 1 is 0.488 bits per heavy atom. The van der Waals surface area contributed by atoms with Crippen LogP contribution in [0, 0.1) is 0 Å². The third-order valence-electron chi connectivity index (χ3n) is 8.81. The number of hydrogen-bond acceptors (Lipinski definition) is 3. The van der Waals surface area contributed by atoms with E-state index in [1.54, 1.807) is 0 Å². The van der Waals surface area contributed by atoms with Crippen LogP contribution in [0.3, 0.4) is 0 Å². The molecule has 0 radical (unpaired) electrons. The van der Waals surface area contributed by atoms with E-state index in [0.717, 1.165) is 55.2 Å². The lowest BCUT2D eigenvalue weighted by Gasteiger charge is -2.05. The average Bonchev–Trinajstić information content (AvgIpc) is 3.75. The van der Waals surface area contributed by atoms with Gasteiger partial charge in [-0.25, -0.2) is 0 Å². The molecule has 4 nitrogen and oxygen atoms in total. The Balaban J connectivity index is 1.35. The van der Waals surface area contributed by atoms with E-state index in [9.17, 15) is 0 Å². The first kappa shape index (κ1) is 22.8. The van der Waals surface area contributed by atoms with Crippen LogP contribution in [0.2, 0.25) is 0 Å². The minimum absolute atomic E-state index is 0.538. The summed E-state index contributed by atoms with van der Waals surface area (Å²) in [4.78, 5) is 5.28. The lowest BCUT2D eigenvalue weighted by Crippen LogP contribution is -1.93. The van der Waals surface area contributed by atoms with Gasteiger partial charge < -0.3 is 8.83 Å². The van der Waals surface area contributed by atoms with Crippen LogP contribution >= 0.6 is 0 Å². The monoisotopic (exact) mass is 550 g/mol. The summed E-state index contributed by atoms with van der Waals surface area (Å²) in [6, 6.07) is 47.2. The first-order chi connectivity index (χ1) is 21.3. The van der Waals surface area contributed by atoms with Crippen molar-refractivity contribution in [3.05, 3.63) is 133 Å². The van der Waals surface area contributed by atoms with E-state index in [0.29, 0.717) is 6.01 Å². The van der Waals surface area contributed by atoms with E-state index in [4.69, 9.17) is 13.8 Å². The van der Waals surface area contributed by atoms with Crippen molar-refractivity contribution in [2.45, 2.75) is 0 Å². The summed E-state index contributed by atoms with van der Waals surface area (Å²) < 4.78 is 15.4. The molecule has 10 rings (SSSR count). The molecule has 0 amide bonds. The molecule has 3 aromatic heterocycles. The van der Waals surface area contributed by atoms with Gasteiger partial charge in [0.2, 0.25) is 0 Å². The van der Waals surface area contributed by atoms with Gasteiger partial charge in [-0.3, -0.25) is 4.57 Å². The van der Waals surface area contributed by atoms with Crippen molar-refractivity contribution < 1.29 is 8.83 Å². The maximum Gasteiger partial charge on any atom is 0.307 e. The summed E-state index contributed by atoms with van der Waals surface area (Å²) in [6.07, 6.45) is 0. The molecule has 0 aliphatic carbocycles. The molecule has 0 unspecified atom stereocenters. The van der Waals surface area contributed by atoms with Crippen molar-refractivity contribution in [2.75, 3.05) is 0 Å². The summed E-state index contributed by atoms with van der Waals surface area (Å²) in [6.45, 7) is 0. The highest BCUT2D eigenvalue weighted by molar-refractivity contribution is 6.22. The average molecular weight is 551 g/mol. The standard InChI is InChI=1S/C39H22N2O2/c1-2-11-25-21-26(18-17-23(25)9-1)30-22-34-36(29-14-6-8-16-33(29)42-34)38-37(30)40-39(43-38)41-31-15-7-5-13-28(31)35-27-12-4-3-10-24(27)19-20-32(35)41/h1-22H. The molecule has 43 heavy (non-hydrogen) atoms. The quantitative estimate of drug-likeness (QED) is 0.215. The molecule has 4 heteroatoms. The summed E-state index contributed by atoms with van der Waals surface area (Å²) in [7, 11) is 0. The molecule has 0 atom stereocenters. The van der Waals surface area contributed by atoms with Crippen LogP contribution in [0.5, 0.6) is 0 Å². The number of para-hydroxylation sites is 2. The summed E-state index contributed by atoms with van der Waals surface area (Å²) in [5.41, 5.74) is 7.33. The van der Waals surface area contributed by atoms with Crippen LogP contribution in [0.4, 0.5) is 0 Å². The Labute approximate surface area is 245 Å². The van der Waals surface area contributed by atoms with Gasteiger partial charge in [0.1, 0.15) is 16.7 Å². The molecule has 0 saturated carbocycles. The fraction of sp³-hybridized carbons (Fsp3) is 0.